The number of aliphatic carboxylic acids is 1. The van der Waals surface area contributed by atoms with E-state index in [2.05, 4.69) is 0 Å². The third-order valence-corrected chi connectivity index (χ3v) is 3.18. The summed E-state index contributed by atoms with van der Waals surface area (Å²) in [7, 11) is 1.44. The lowest BCUT2D eigenvalue weighted by Crippen LogP contribution is -2.28. The van der Waals surface area contributed by atoms with E-state index >= 15 is 0 Å². The molecule has 0 radical (unpaired) electrons. The molecule has 0 spiro atoms. The molecule has 0 saturated heterocycles. The second-order valence-electron chi connectivity index (χ2n) is 4.57. The Morgan fingerprint density at radius 1 is 1.43 bits per heavy atom. The molecule has 0 fully saturated rings. The highest BCUT2D eigenvalue weighted by molar-refractivity contribution is 6.03. The zero-order valence-corrected chi connectivity index (χ0v) is 11.6. The molecule has 0 amide bonds. The van der Waals surface area contributed by atoms with Crippen molar-refractivity contribution in [2.75, 3.05) is 7.11 Å². The largest absolute Gasteiger partial charge is 0.496 e. The highest BCUT2D eigenvalue weighted by Crippen LogP contribution is 2.31. The third-order valence-electron chi connectivity index (χ3n) is 3.18. The number of carbonyl (C=O) groups is 3. The van der Waals surface area contributed by atoms with Crippen molar-refractivity contribution in [1.82, 2.24) is 0 Å². The minimum absolute atomic E-state index is 0.223. The second kappa shape index (κ2) is 5.78. The van der Waals surface area contributed by atoms with Crippen molar-refractivity contribution < 1.29 is 29.0 Å². The fourth-order valence-electron chi connectivity index (χ4n) is 2.33. The van der Waals surface area contributed by atoms with E-state index in [0.29, 0.717) is 22.4 Å². The van der Waals surface area contributed by atoms with E-state index in [9.17, 15) is 14.4 Å². The fraction of sp³-hybridized carbons (Fsp3) is 0.267. The second-order valence-corrected chi connectivity index (χ2v) is 4.57. The van der Waals surface area contributed by atoms with E-state index in [1.54, 1.807) is 12.1 Å². The number of methoxy groups -OCH3 is 1. The van der Waals surface area contributed by atoms with Gasteiger partial charge in [0.1, 0.15) is 11.9 Å². The van der Waals surface area contributed by atoms with Crippen molar-refractivity contribution in [3.63, 3.8) is 0 Å². The van der Waals surface area contributed by atoms with Gasteiger partial charge in [-0.15, -0.1) is 0 Å². The molecule has 1 atom stereocenters. The van der Waals surface area contributed by atoms with Crippen LogP contribution in [-0.2, 0) is 16.0 Å². The maximum Gasteiger partial charge on any atom is 0.339 e. The number of hydrogen-bond donors (Lipinski definition) is 1. The first-order chi connectivity index (χ1) is 9.93. The Morgan fingerprint density at radius 2 is 2.14 bits per heavy atom. The Kier molecular flexibility index (Phi) is 4.07. The van der Waals surface area contributed by atoms with Crippen LogP contribution >= 0.6 is 0 Å². The van der Waals surface area contributed by atoms with Gasteiger partial charge in [0, 0.05) is 12.5 Å². The van der Waals surface area contributed by atoms with Crippen LogP contribution in [0.4, 0.5) is 0 Å². The van der Waals surface area contributed by atoms with E-state index in [-0.39, 0.29) is 12.2 Å². The van der Waals surface area contributed by atoms with E-state index in [1.165, 1.54) is 20.1 Å². The van der Waals surface area contributed by atoms with Crippen molar-refractivity contribution in [3.8, 4) is 5.75 Å². The van der Waals surface area contributed by atoms with E-state index < -0.39 is 18.0 Å². The van der Waals surface area contributed by atoms with Crippen molar-refractivity contribution >= 4 is 17.7 Å². The van der Waals surface area contributed by atoms with Gasteiger partial charge >= 0.3 is 11.9 Å². The normalized spacial score (nSPS) is 17.2. The number of rotatable bonds is 4. The molecular formula is C15H14O6. The van der Waals surface area contributed by atoms with Crippen molar-refractivity contribution in [3.05, 3.63) is 41.0 Å². The molecule has 0 aliphatic carbocycles. The van der Waals surface area contributed by atoms with Crippen LogP contribution in [-0.4, -0.2) is 36.0 Å². The number of carbonyl (C=O) groups excluding carboxylic acids is 2. The molecule has 1 N–H and O–H groups in total. The molecule has 6 heteroatoms. The minimum atomic E-state index is -1.13. The molecule has 1 aromatic carbocycles. The van der Waals surface area contributed by atoms with Gasteiger partial charge in [-0.25, -0.2) is 9.59 Å². The zero-order valence-electron chi connectivity index (χ0n) is 11.6. The van der Waals surface area contributed by atoms with Gasteiger partial charge in [0.05, 0.1) is 18.2 Å². The summed E-state index contributed by atoms with van der Waals surface area (Å²) in [5, 5.41) is 8.63. The van der Waals surface area contributed by atoms with Crippen molar-refractivity contribution in [1.29, 1.82) is 0 Å². The molecule has 110 valence electrons. The molecule has 0 saturated carbocycles. The molecule has 0 aromatic heterocycles. The topological polar surface area (TPSA) is 89.9 Å². The first-order valence-electron chi connectivity index (χ1n) is 6.27. The highest BCUT2D eigenvalue weighted by atomic mass is 16.5. The van der Waals surface area contributed by atoms with Crippen LogP contribution in [0.15, 0.2) is 24.3 Å². The van der Waals surface area contributed by atoms with Gasteiger partial charge in [-0.05, 0) is 30.7 Å². The first kappa shape index (κ1) is 14.8. The molecule has 1 aromatic rings. The Morgan fingerprint density at radius 3 is 2.71 bits per heavy atom. The summed E-state index contributed by atoms with van der Waals surface area (Å²) in [5.74, 6) is -1.55. The molecule has 6 nitrogen and oxygen atoms in total. The first-order valence-corrected chi connectivity index (χ1v) is 6.27. The number of cyclic esters (lactones) is 1. The highest BCUT2D eigenvalue weighted by Gasteiger charge is 2.30. The van der Waals surface area contributed by atoms with Gasteiger partial charge in [-0.2, -0.15) is 0 Å². The fourth-order valence-corrected chi connectivity index (χ4v) is 2.33. The number of hydrogen-bond acceptors (Lipinski definition) is 5. The summed E-state index contributed by atoms with van der Waals surface area (Å²) in [6.07, 6.45) is 1.71. The molecule has 1 heterocycles. The standard InChI is InChI=1S/C15H14O6/c1-8(16)14-11-7-9(3-6-13(17)18)21-15(19)10(11)4-5-12(14)20-2/h3-6,9H,7H2,1-2H3,(H,17,18)/b6-3+/t9-/m1/s1. The number of carboxylic acid groups (broad SMARTS) is 1. The summed E-state index contributed by atoms with van der Waals surface area (Å²) in [6, 6.07) is 3.09. The van der Waals surface area contributed by atoms with Crippen LogP contribution in [0.25, 0.3) is 0 Å². The average molecular weight is 290 g/mol. The van der Waals surface area contributed by atoms with Gasteiger partial charge in [0.25, 0.3) is 0 Å². The Hall–Kier alpha value is -2.63. The number of ketones is 1. The summed E-state index contributed by atoms with van der Waals surface area (Å²) in [4.78, 5) is 34.3. The zero-order chi connectivity index (χ0) is 15.6. The number of carboxylic acids is 1. The van der Waals surface area contributed by atoms with Gasteiger partial charge in [-0.1, -0.05) is 0 Å². The molecule has 0 unspecified atom stereocenters. The van der Waals surface area contributed by atoms with Gasteiger partial charge in [-0.3, -0.25) is 4.79 Å². The summed E-state index contributed by atoms with van der Waals surface area (Å²) in [6.45, 7) is 1.39. The SMILES string of the molecule is COc1ccc2c(c1C(C)=O)C[C@@H](/C=C/C(=O)O)OC2=O. The number of ether oxygens (including phenoxy) is 2. The molecule has 1 aliphatic heterocycles. The number of esters is 1. The lowest BCUT2D eigenvalue weighted by Gasteiger charge is -2.24. The van der Waals surface area contributed by atoms with Gasteiger partial charge in [0.15, 0.2) is 5.78 Å². The predicted molar refractivity (Wildman–Crippen MR) is 72.7 cm³/mol. The lowest BCUT2D eigenvalue weighted by molar-refractivity contribution is -0.131. The summed E-state index contributed by atoms with van der Waals surface area (Å²) >= 11 is 0. The molecule has 21 heavy (non-hydrogen) atoms. The van der Waals surface area contributed by atoms with Crippen LogP contribution in [0, 0.1) is 0 Å². The Bertz CT molecular complexity index is 644. The van der Waals surface area contributed by atoms with Crippen LogP contribution in [0.3, 0.4) is 0 Å². The molecule has 0 bridgehead atoms. The Balaban J connectivity index is 2.49. The van der Waals surface area contributed by atoms with Crippen molar-refractivity contribution in [2.24, 2.45) is 0 Å². The molecule has 2 rings (SSSR count). The van der Waals surface area contributed by atoms with Crippen LogP contribution in [0.1, 0.15) is 33.2 Å². The van der Waals surface area contributed by atoms with Crippen molar-refractivity contribution in [2.45, 2.75) is 19.4 Å². The maximum atomic E-state index is 12.0. The van der Waals surface area contributed by atoms with E-state index in [4.69, 9.17) is 14.6 Å². The monoisotopic (exact) mass is 290 g/mol. The lowest BCUT2D eigenvalue weighted by atomic mass is 9.91. The summed E-state index contributed by atoms with van der Waals surface area (Å²) < 4.78 is 10.3. The summed E-state index contributed by atoms with van der Waals surface area (Å²) in [5.41, 5.74) is 1.17. The number of fused-ring (bicyclic) bond motifs is 1. The van der Waals surface area contributed by atoms with Crippen LogP contribution in [0.2, 0.25) is 0 Å². The molecular weight excluding hydrogens is 276 g/mol. The van der Waals surface area contributed by atoms with E-state index in [1.807, 2.05) is 0 Å². The smallest absolute Gasteiger partial charge is 0.339 e. The number of Topliss-reactive ketones (excluding diaryl/α,β-unsaturated/α-hetero) is 1. The third kappa shape index (κ3) is 2.94. The maximum absolute atomic E-state index is 12.0. The predicted octanol–water partition coefficient (Wildman–Crippen LogP) is 1.62. The minimum Gasteiger partial charge on any atom is -0.496 e. The van der Waals surface area contributed by atoms with E-state index in [0.717, 1.165) is 6.08 Å². The van der Waals surface area contributed by atoms with Gasteiger partial charge in [0.2, 0.25) is 0 Å². The average Bonchev–Trinajstić information content (AvgIpc) is 2.43. The molecule has 1 aliphatic rings. The quantitative estimate of drug-likeness (QED) is 0.515. The Labute approximate surface area is 121 Å². The van der Waals surface area contributed by atoms with Crippen LogP contribution in [0.5, 0.6) is 5.75 Å². The van der Waals surface area contributed by atoms with Gasteiger partial charge < -0.3 is 14.6 Å². The number of benzene rings is 1. The van der Waals surface area contributed by atoms with Crippen LogP contribution < -0.4 is 4.74 Å².